The zero-order valence-corrected chi connectivity index (χ0v) is 23.5. The Morgan fingerprint density at radius 2 is 2.02 bits per heavy atom. The first kappa shape index (κ1) is 28.0. The monoisotopic (exact) mass is 565 g/mol. The summed E-state index contributed by atoms with van der Waals surface area (Å²) in [6.45, 7) is 9.27. The summed E-state index contributed by atoms with van der Waals surface area (Å²) in [5.41, 5.74) is -0.132. The molecule has 1 saturated heterocycles. The number of amides is 2. The molecule has 5 rings (SSSR count). The van der Waals surface area contributed by atoms with E-state index in [0.717, 1.165) is 6.20 Å². The number of nitrogens with one attached hydrogen (secondary N) is 1. The van der Waals surface area contributed by atoms with Gasteiger partial charge in [0.25, 0.3) is 5.91 Å². The normalized spacial score (nSPS) is 17.0. The van der Waals surface area contributed by atoms with Crippen LogP contribution in [-0.2, 0) is 14.3 Å². The minimum absolute atomic E-state index is 0.163. The fraction of sp³-hybridized carbons (Fsp3) is 0.429. The molecule has 1 saturated carbocycles. The summed E-state index contributed by atoms with van der Waals surface area (Å²) in [6.07, 6.45) is 8.21. The van der Waals surface area contributed by atoms with Crippen molar-refractivity contribution in [2.45, 2.75) is 59.1 Å². The van der Waals surface area contributed by atoms with Gasteiger partial charge in [-0.25, -0.2) is 28.5 Å². The molecule has 13 heteroatoms. The second-order valence-electron chi connectivity index (χ2n) is 11.1. The molecule has 0 bridgehead atoms. The van der Waals surface area contributed by atoms with E-state index < -0.39 is 34.9 Å². The van der Waals surface area contributed by atoms with Crippen LogP contribution in [0.2, 0.25) is 0 Å². The van der Waals surface area contributed by atoms with Crippen LogP contribution in [0.4, 0.5) is 20.7 Å². The maximum absolute atomic E-state index is 14.6. The number of anilines is 2. The van der Waals surface area contributed by atoms with Crippen LogP contribution in [0.15, 0.2) is 36.8 Å². The topological polar surface area (TPSA) is 131 Å². The van der Waals surface area contributed by atoms with Crippen molar-refractivity contribution in [3.8, 4) is 0 Å². The van der Waals surface area contributed by atoms with Crippen LogP contribution in [0.3, 0.4) is 0 Å². The maximum Gasteiger partial charge on any atom is 0.408 e. The van der Waals surface area contributed by atoms with Crippen molar-refractivity contribution < 1.29 is 28.2 Å². The maximum atomic E-state index is 14.6. The second-order valence-corrected chi connectivity index (χ2v) is 11.1. The van der Waals surface area contributed by atoms with Crippen LogP contribution in [0.25, 0.3) is 11.7 Å². The van der Waals surface area contributed by atoms with Gasteiger partial charge in [-0.2, -0.15) is 5.10 Å². The summed E-state index contributed by atoms with van der Waals surface area (Å²) >= 11 is 0. The van der Waals surface area contributed by atoms with E-state index in [1.807, 2.05) is 0 Å². The van der Waals surface area contributed by atoms with Crippen molar-refractivity contribution in [2.75, 3.05) is 23.2 Å². The number of carbonyl (C=O) groups is 3. The molecule has 3 aromatic rings. The fourth-order valence-corrected chi connectivity index (χ4v) is 4.58. The number of esters is 1. The highest BCUT2D eigenvalue weighted by Crippen LogP contribution is 2.53. The fourth-order valence-electron chi connectivity index (χ4n) is 4.58. The Balaban J connectivity index is 1.49. The van der Waals surface area contributed by atoms with Gasteiger partial charge in [0.15, 0.2) is 11.5 Å². The molecule has 0 aromatic carbocycles. The van der Waals surface area contributed by atoms with E-state index in [4.69, 9.17) is 9.47 Å². The first-order valence-corrected chi connectivity index (χ1v) is 13.4. The minimum Gasteiger partial charge on any atom is -0.462 e. The number of aromatic nitrogens is 4. The number of carbonyl (C=O) groups excluding carboxylic acids is 3. The minimum atomic E-state index is -0.644. The van der Waals surface area contributed by atoms with E-state index in [1.165, 1.54) is 21.8 Å². The lowest BCUT2D eigenvalue weighted by Gasteiger charge is -2.29. The lowest BCUT2D eigenvalue weighted by atomic mass is 10.1. The molecule has 1 aliphatic carbocycles. The largest absolute Gasteiger partial charge is 0.462 e. The smallest absolute Gasteiger partial charge is 0.408 e. The Morgan fingerprint density at radius 1 is 1.27 bits per heavy atom. The Hall–Kier alpha value is -4.55. The third-order valence-electron chi connectivity index (χ3n) is 6.69. The van der Waals surface area contributed by atoms with E-state index in [2.05, 4.69) is 20.4 Å². The highest BCUT2D eigenvalue weighted by atomic mass is 19.1. The van der Waals surface area contributed by atoms with Crippen molar-refractivity contribution in [1.82, 2.24) is 24.9 Å². The summed E-state index contributed by atoms with van der Waals surface area (Å²) in [4.78, 5) is 47.2. The van der Waals surface area contributed by atoms with Crippen molar-refractivity contribution in [1.29, 1.82) is 0 Å². The summed E-state index contributed by atoms with van der Waals surface area (Å²) < 4.78 is 26.4. The van der Waals surface area contributed by atoms with Gasteiger partial charge in [0.1, 0.15) is 17.0 Å². The van der Waals surface area contributed by atoms with Gasteiger partial charge in [-0.15, -0.1) is 0 Å². The van der Waals surface area contributed by atoms with E-state index in [1.54, 1.807) is 64.0 Å². The zero-order valence-electron chi connectivity index (χ0n) is 23.5. The molecule has 216 valence electrons. The van der Waals surface area contributed by atoms with Crippen LogP contribution in [-0.4, -0.2) is 62.3 Å². The third kappa shape index (κ3) is 5.70. The molecule has 4 heterocycles. The van der Waals surface area contributed by atoms with Gasteiger partial charge in [-0.1, -0.05) is 6.08 Å². The molecule has 0 unspecified atom stereocenters. The van der Waals surface area contributed by atoms with Gasteiger partial charge >= 0.3 is 12.1 Å². The molecule has 2 amide bonds. The van der Waals surface area contributed by atoms with Gasteiger partial charge in [-0.05, 0) is 53.5 Å². The molecule has 2 fully saturated rings. The van der Waals surface area contributed by atoms with E-state index in [0.29, 0.717) is 30.8 Å². The highest BCUT2D eigenvalue weighted by molar-refractivity contribution is 6.05. The van der Waals surface area contributed by atoms with Crippen molar-refractivity contribution >= 4 is 41.2 Å². The number of nitrogens with zero attached hydrogens (tertiary/aromatic N) is 6. The number of hydrogen-bond donors (Lipinski definition) is 1. The number of fused-ring (bicyclic) bond motifs is 1. The molecule has 41 heavy (non-hydrogen) atoms. The number of halogens is 1. The highest BCUT2D eigenvalue weighted by Gasteiger charge is 2.60. The summed E-state index contributed by atoms with van der Waals surface area (Å²) in [6, 6.07) is 2.49. The third-order valence-corrected chi connectivity index (χ3v) is 6.69. The van der Waals surface area contributed by atoms with E-state index in [-0.39, 0.29) is 29.5 Å². The SMILES string of the molecule is CCOC(=O)c1cnn2ccc(N3C(=O)C4(CC4)CN3c3cc(F)cnc3/C=C/[C@@H](C)NC(=O)OC(C)(C)C)nc12. The first-order valence-electron chi connectivity index (χ1n) is 13.4. The molecular weight excluding hydrogens is 533 g/mol. The molecule has 0 radical (unpaired) electrons. The summed E-state index contributed by atoms with van der Waals surface area (Å²) in [7, 11) is 0. The molecule has 12 nitrogen and oxygen atoms in total. The standard InChI is InChI=1S/C28H32FN7O5/c1-6-40-24(37)19-15-31-34-12-9-22(33-23(19)34)36-25(38)28(10-11-28)16-35(36)21-13-18(29)14-30-20(21)8-7-17(2)32-26(39)41-27(3,4)5/h7-9,12-15,17H,6,10-11,16H2,1-5H3,(H,32,39)/b8-7+/t17-/m1/s1. The molecular formula is C28H32FN7O5. The Bertz CT molecular complexity index is 1540. The molecule has 2 aliphatic rings. The quantitative estimate of drug-likeness (QED) is 0.424. The van der Waals surface area contributed by atoms with Crippen LogP contribution in [0.1, 0.15) is 63.5 Å². The Kier molecular flexibility index (Phi) is 7.14. The molecule has 3 aromatic heterocycles. The predicted molar refractivity (Wildman–Crippen MR) is 148 cm³/mol. The molecule has 1 atom stereocenters. The van der Waals surface area contributed by atoms with Crippen LogP contribution < -0.4 is 15.3 Å². The summed E-state index contributed by atoms with van der Waals surface area (Å²) in [5.74, 6) is -1.08. The van der Waals surface area contributed by atoms with Crippen LogP contribution >= 0.6 is 0 Å². The number of ether oxygens (including phenoxy) is 2. The predicted octanol–water partition coefficient (Wildman–Crippen LogP) is 3.91. The molecule has 1 aliphatic heterocycles. The lowest BCUT2D eigenvalue weighted by molar-refractivity contribution is -0.121. The number of rotatable bonds is 7. The second kappa shape index (κ2) is 10.5. The van der Waals surface area contributed by atoms with Crippen molar-refractivity contribution in [3.63, 3.8) is 0 Å². The van der Waals surface area contributed by atoms with Gasteiger partial charge in [0.05, 0.1) is 42.3 Å². The zero-order chi connectivity index (χ0) is 29.5. The van der Waals surface area contributed by atoms with E-state index >= 15 is 0 Å². The van der Waals surface area contributed by atoms with Crippen molar-refractivity contribution in [2.24, 2.45) is 5.41 Å². The van der Waals surface area contributed by atoms with Crippen molar-refractivity contribution in [3.05, 3.63) is 53.9 Å². The number of hydrazine groups is 1. The number of pyridine rings is 1. The van der Waals surface area contributed by atoms with Gasteiger partial charge in [-0.3, -0.25) is 14.8 Å². The molecule has 1 N–H and O–H groups in total. The van der Waals surface area contributed by atoms with E-state index in [9.17, 15) is 18.8 Å². The van der Waals surface area contributed by atoms with Gasteiger partial charge < -0.3 is 14.8 Å². The number of alkyl carbamates (subject to hydrolysis) is 1. The lowest BCUT2D eigenvalue weighted by Crippen LogP contribution is -2.40. The Labute approximate surface area is 236 Å². The van der Waals surface area contributed by atoms with Gasteiger partial charge in [0.2, 0.25) is 0 Å². The first-order chi connectivity index (χ1) is 19.4. The van der Waals surface area contributed by atoms with Crippen LogP contribution in [0, 0.1) is 11.2 Å². The average molecular weight is 566 g/mol. The van der Waals surface area contributed by atoms with Crippen LogP contribution in [0.5, 0.6) is 0 Å². The Morgan fingerprint density at radius 3 is 2.71 bits per heavy atom. The summed E-state index contributed by atoms with van der Waals surface area (Å²) in [5, 5.41) is 9.96. The number of hydrogen-bond acceptors (Lipinski definition) is 9. The van der Waals surface area contributed by atoms with Gasteiger partial charge in [0, 0.05) is 24.4 Å². The molecule has 1 spiro atoms. The average Bonchev–Trinajstić information content (AvgIpc) is 3.46.